The van der Waals surface area contributed by atoms with Crippen LogP contribution in [0, 0.1) is 0 Å². The molecule has 1 rings (SSSR count). The molecule has 4 atom stereocenters. The number of nitrogens with two attached hydrogens (primary N) is 3. The molecule has 4 amide bonds. The van der Waals surface area contributed by atoms with Crippen molar-refractivity contribution in [2.45, 2.75) is 62.7 Å². The van der Waals surface area contributed by atoms with Gasteiger partial charge < -0.3 is 43.2 Å². The fourth-order valence-electron chi connectivity index (χ4n) is 3.21. The highest BCUT2D eigenvalue weighted by atomic mass is 32.2. The van der Waals surface area contributed by atoms with Crippen LogP contribution in [0.5, 0.6) is 0 Å². The van der Waals surface area contributed by atoms with Crippen molar-refractivity contribution in [3.63, 3.8) is 0 Å². The highest BCUT2D eigenvalue weighted by molar-refractivity contribution is 7.98. The molecule has 0 aliphatic heterocycles. The number of H-pyrrole nitrogens is 1. The number of primary amides is 1. The highest BCUT2D eigenvalue weighted by Crippen LogP contribution is 2.06. The van der Waals surface area contributed by atoms with Gasteiger partial charge >= 0.3 is 5.97 Å². The van der Waals surface area contributed by atoms with Crippen LogP contribution in [0.15, 0.2) is 12.5 Å². The molecule has 15 heteroatoms. The molecule has 1 aromatic rings. The molecule has 0 aliphatic carbocycles. The number of aliphatic carboxylic acids is 1. The minimum Gasteiger partial charge on any atom is -0.480 e. The third-order valence-electron chi connectivity index (χ3n) is 5.17. The van der Waals surface area contributed by atoms with Gasteiger partial charge in [0.2, 0.25) is 23.6 Å². The zero-order valence-electron chi connectivity index (χ0n) is 20.2. The number of amides is 4. The number of unbranched alkanes of at least 4 members (excludes halogenated alkanes) is 1. The maximum atomic E-state index is 13.0. The van der Waals surface area contributed by atoms with Gasteiger partial charge in [-0.05, 0) is 44.2 Å². The molecule has 0 aromatic carbocycles. The van der Waals surface area contributed by atoms with Crippen LogP contribution in [0.1, 0.15) is 37.8 Å². The number of hydrogen-bond acceptors (Lipinski definition) is 9. The van der Waals surface area contributed by atoms with Gasteiger partial charge in [0.15, 0.2) is 0 Å². The minimum absolute atomic E-state index is 0.121. The predicted octanol–water partition coefficient (Wildman–Crippen LogP) is -2.42. The van der Waals surface area contributed by atoms with Crippen molar-refractivity contribution in [2.75, 3.05) is 18.6 Å². The Morgan fingerprint density at radius 2 is 1.67 bits per heavy atom. The Hall–Kier alpha value is -3.17. The molecule has 0 fully saturated rings. The summed E-state index contributed by atoms with van der Waals surface area (Å²) in [5.41, 5.74) is 17.2. The second kappa shape index (κ2) is 16.5. The standard InChI is InChI=1S/C21H36N8O6S/c1-36-7-5-14(27-18(31)13(23)8-12-10-25-11-26-12)19(32)29-16(9-17(24)30)20(33)28-15(21(34)35)4-2-3-6-22/h10-11,13-16H,2-9,22-23H2,1H3,(H2,24,30)(H,25,26)(H,27,31)(H,28,33)(H,29,32)(H,34,35). The van der Waals surface area contributed by atoms with Gasteiger partial charge in [-0.15, -0.1) is 0 Å². The fourth-order valence-corrected chi connectivity index (χ4v) is 3.69. The van der Waals surface area contributed by atoms with Gasteiger partial charge in [0.25, 0.3) is 0 Å². The van der Waals surface area contributed by atoms with Crippen LogP contribution < -0.4 is 33.2 Å². The van der Waals surface area contributed by atoms with E-state index < -0.39 is 60.2 Å². The Kier molecular flexibility index (Phi) is 14.1. The zero-order valence-corrected chi connectivity index (χ0v) is 21.0. The van der Waals surface area contributed by atoms with Crippen LogP contribution in [-0.2, 0) is 30.4 Å². The lowest BCUT2D eigenvalue weighted by Crippen LogP contribution is -2.58. The van der Waals surface area contributed by atoms with Crippen LogP contribution in [-0.4, -0.2) is 87.4 Å². The fraction of sp³-hybridized carbons (Fsp3) is 0.619. The minimum atomic E-state index is -1.43. The lowest BCUT2D eigenvalue weighted by molar-refractivity contribution is -0.142. The third kappa shape index (κ3) is 11.5. The highest BCUT2D eigenvalue weighted by Gasteiger charge is 2.31. The number of thioether (sulfide) groups is 1. The van der Waals surface area contributed by atoms with Gasteiger partial charge in [-0.2, -0.15) is 11.8 Å². The first-order valence-electron chi connectivity index (χ1n) is 11.4. The number of nitrogens with one attached hydrogen (secondary N) is 4. The van der Waals surface area contributed by atoms with Crippen LogP contribution in [0.2, 0.25) is 0 Å². The predicted molar refractivity (Wildman–Crippen MR) is 133 cm³/mol. The summed E-state index contributed by atoms with van der Waals surface area (Å²) in [6.07, 6.45) is 5.77. The van der Waals surface area contributed by atoms with Crippen LogP contribution in [0.4, 0.5) is 0 Å². The van der Waals surface area contributed by atoms with Gasteiger partial charge in [0, 0.05) is 18.3 Å². The second-order valence-electron chi connectivity index (χ2n) is 8.15. The summed E-state index contributed by atoms with van der Waals surface area (Å²) in [5, 5.41) is 16.7. The Labute approximate surface area is 213 Å². The average Bonchev–Trinajstić information content (AvgIpc) is 3.32. The van der Waals surface area contributed by atoms with Crippen LogP contribution in [0.25, 0.3) is 0 Å². The van der Waals surface area contributed by atoms with Gasteiger partial charge in [-0.1, -0.05) is 0 Å². The number of carbonyl (C=O) groups is 5. The number of hydrogen-bond donors (Lipinski definition) is 8. The lowest BCUT2D eigenvalue weighted by Gasteiger charge is -2.24. The normalized spacial score (nSPS) is 14.2. The number of carboxylic acid groups (broad SMARTS) is 1. The smallest absolute Gasteiger partial charge is 0.326 e. The molecule has 11 N–H and O–H groups in total. The Balaban J connectivity index is 2.90. The van der Waals surface area contributed by atoms with Crippen molar-refractivity contribution in [3.05, 3.63) is 18.2 Å². The molecule has 1 heterocycles. The number of carbonyl (C=O) groups excluding carboxylic acids is 4. The van der Waals surface area contributed by atoms with E-state index >= 15 is 0 Å². The van der Waals surface area contributed by atoms with E-state index in [1.807, 2.05) is 6.26 Å². The van der Waals surface area contributed by atoms with Crippen molar-refractivity contribution >= 4 is 41.4 Å². The Morgan fingerprint density at radius 3 is 2.22 bits per heavy atom. The van der Waals surface area contributed by atoms with Gasteiger partial charge in [0.05, 0.1) is 18.8 Å². The van der Waals surface area contributed by atoms with E-state index in [-0.39, 0.29) is 19.3 Å². The maximum Gasteiger partial charge on any atom is 0.326 e. The van der Waals surface area contributed by atoms with E-state index in [0.29, 0.717) is 30.8 Å². The number of aromatic amines is 1. The molecular formula is C21H36N8O6S. The molecule has 4 unspecified atom stereocenters. The molecule has 36 heavy (non-hydrogen) atoms. The number of imidazole rings is 1. The summed E-state index contributed by atoms with van der Waals surface area (Å²) in [4.78, 5) is 68.1. The van der Waals surface area contributed by atoms with E-state index in [2.05, 4.69) is 25.9 Å². The molecule has 0 radical (unpaired) electrons. The van der Waals surface area contributed by atoms with Crippen molar-refractivity contribution in [2.24, 2.45) is 17.2 Å². The quantitative estimate of drug-likeness (QED) is 0.0936. The Morgan fingerprint density at radius 1 is 1.03 bits per heavy atom. The van der Waals surface area contributed by atoms with Crippen molar-refractivity contribution in [1.29, 1.82) is 0 Å². The first-order chi connectivity index (χ1) is 17.1. The van der Waals surface area contributed by atoms with Crippen molar-refractivity contribution in [3.8, 4) is 0 Å². The monoisotopic (exact) mass is 528 g/mol. The molecule has 1 aromatic heterocycles. The number of nitrogens with zero attached hydrogens (tertiary/aromatic N) is 1. The van der Waals surface area contributed by atoms with E-state index in [1.54, 1.807) is 0 Å². The van der Waals surface area contributed by atoms with Gasteiger partial charge in [0.1, 0.15) is 18.1 Å². The van der Waals surface area contributed by atoms with Crippen molar-refractivity contribution < 1.29 is 29.1 Å². The molecule has 0 aliphatic rings. The average molecular weight is 529 g/mol. The topological polar surface area (TPSA) is 248 Å². The lowest BCUT2D eigenvalue weighted by atomic mass is 10.1. The number of rotatable bonds is 18. The zero-order chi connectivity index (χ0) is 27.1. The third-order valence-corrected chi connectivity index (χ3v) is 5.82. The summed E-state index contributed by atoms with van der Waals surface area (Å²) < 4.78 is 0. The second-order valence-corrected chi connectivity index (χ2v) is 9.13. The summed E-state index contributed by atoms with van der Waals surface area (Å²) in [7, 11) is 0. The molecule has 0 saturated heterocycles. The van der Waals surface area contributed by atoms with Crippen LogP contribution >= 0.6 is 11.8 Å². The maximum absolute atomic E-state index is 13.0. The molecule has 0 bridgehead atoms. The SMILES string of the molecule is CSCCC(NC(=O)C(N)Cc1cnc[nH]1)C(=O)NC(CC(N)=O)C(=O)NC(CCCCN)C(=O)O. The van der Waals surface area contributed by atoms with Gasteiger partial charge in [-0.3, -0.25) is 19.2 Å². The van der Waals surface area contributed by atoms with Crippen molar-refractivity contribution in [1.82, 2.24) is 25.9 Å². The molecule has 14 nitrogen and oxygen atoms in total. The van der Waals surface area contributed by atoms with E-state index in [9.17, 15) is 29.1 Å². The molecule has 0 spiro atoms. The summed E-state index contributed by atoms with van der Waals surface area (Å²) in [6, 6.07) is -4.69. The van der Waals surface area contributed by atoms with E-state index in [4.69, 9.17) is 17.2 Å². The first kappa shape index (κ1) is 30.9. The number of carboxylic acids is 1. The summed E-state index contributed by atoms with van der Waals surface area (Å²) >= 11 is 1.44. The Bertz CT molecular complexity index is 869. The van der Waals surface area contributed by atoms with Crippen LogP contribution in [0.3, 0.4) is 0 Å². The largest absolute Gasteiger partial charge is 0.480 e. The molecular weight excluding hydrogens is 492 g/mol. The summed E-state index contributed by atoms with van der Waals surface area (Å²) in [6.45, 7) is 0.370. The number of aromatic nitrogens is 2. The molecule has 202 valence electrons. The first-order valence-corrected chi connectivity index (χ1v) is 12.8. The van der Waals surface area contributed by atoms with E-state index in [1.165, 1.54) is 24.3 Å². The van der Waals surface area contributed by atoms with E-state index in [0.717, 1.165) is 0 Å². The molecule has 0 saturated carbocycles. The summed E-state index contributed by atoms with van der Waals surface area (Å²) in [5.74, 6) is -3.84. The van der Waals surface area contributed by atoms with Gasteiger partial charge in [-0.25, -0.2) is 9.78 Å².